The van der Waals surface area contributed by atoms with E-state index in [9.17, 15) is 0 Å². The van der Waals surface area contributed by atoms with Gasteiger partial charge in [-0.2, -0.15) is 4.98 Å². The third-order valence-electron chi connectivity index (χ3n) is 4.36. The molecule has 1 saturated heterocycles. The molecule has 0 radical (unpaired) electrons. The molecular formula is C17H20N4O2S2. The minimum Gasteiger partial charge on any atom is -0.376 e. The summed E-state index contributed by atoms with van der Waals surface area (Å²) in [6, 6.07) is 3.96. The molecule has 4 rings (SSSR count). The van der Waals surface area contributed by atoms with Crippen LogP contribution in [0.4, 0.5) is 0 Å². The van der Waals surface area contributed by atoms with Crippen molar-refractivity contribution in [1.29, 1.82) is 0 Å². The summed E-state index contributed by atoms with van der Waals surface area (Å²) in [6.07, 6.45) is 2.56. The molecule has 1 atom stereocenters. The van der Waals surface area contributed by atoms with Gasteiger partial charge in [0.25, 0.3) is 5.89 Å². The fourth-order valence-electron chi connectivity index (χ4n) is 2.88. The molecule has 0 bridgehead atoms. The van der Waals surface area contributed by atoms with Gasteiger partial charge in [0.2, 0.25) is 0 Å². The van der Waals surface area contributed by atoms with E-state index in [0.717, 1.165) is 41.7 Å². The van der Waals surface area contributed by atoms with Gasteiger partial charge in [0, 0.05) is 12.3 Å². The molecule has 0 aliphatic carbocycles. The summed E-state index contributed by atoms with van der Waals surface area (Å²) in [4.78, 5) is 10.2. The number of hydrogen-bond acceptors (Lipinski definition) is 7. The summed E-state index contributed by atoms with van der Waals surface area (Å²) in [5.41, 5.74) is 2.26. The third-order valence-corrected chi connectivity index (χ3v) is 6.19. The lowest BCUT2D eigenvalue weighted by atomic mass is 10.2. The van der Waals surface area contributed by atoms with Crippen molar-refractivity contribution in [3.05, 3.63) is 34.7 Å². The molecule has 4 heterocycles. The Hall–Kier alpha value is -1.64. The highest BCUT2D eigenvalue weighted by Gasteiger charge is 2.21. The maximum absolute atomic E-state index is 5.79. The Morgan fingerprint density at radius 2 is 2.28 bits per heavy atom. The van der Waals surface area contributed by atoms with Crippen LogP contribution >= 0.6 is 23.1 Å². The zero-order valence-electron chi connectivity index (χ0n) is 14.3. The summed E-state index contributed by atoms with van der Waals surface area (Å²) in [7, 11) is 0. The lowest BCUT2D eigenvalue weighted by Crippen LogP contribution is -2.16. The minimum atomic E-state index is 0.294. The third kappa shape index (κ3) is 3.65. The van der Waals surface area contributed by atoms with Gasteiger partial charge in [-0.15, -0.1) is 11.3 Å². The van der Waals surface area contributed by atoms with Crippen molar-refractivity contribution >= 4 is 23.1 Å². The minimum absolute atomic E-state index is 0.294. The van der Waals surface area contributed by atoms with Crippen LogP contribution in [0, 0.1) is 13.8 Å². The molecule has 132 valence electrons. The molecule has 3 aromatic heterocycles. The average molecular weight is 377 g/mol. The number of imidazole rings is 1. The standard InChI is InChI=1S/C17H20N4O2S2/c1-11-12(2)21(9-13-5-3-7-22-13)17(18-11)25-10-15-19-16(23-20-15)14-6-4-8-24-14/h4,6,8,13H,3,5,7,9-10H2,1-2H3/t13-/m0/s1. The number of aromatic nitrogens is 4. The number of nitrogens with zero attached hydrogens (tertiary/aromatic N) is 4. The predicted molar refractivity (Wildman–Crippen MR) is 97.8 cm³/mol. The monoisotopic (exact) mass is 376 g/mol. The van der Waals surface area contributed by atoms with Crippen LogP contribution in [0.1, 0.15) is 30.1 Å². The van der Waals surface area contributed by atoms with Crippen LogP contribution in [0.25, 0.3) is 10.8 Å². The van der Waals surface area contributed by atoms with E-state index in [1.165, 1.54) is 5.69 Å². The summed E-state index contributed by atoms with van der Waals surface area (Å²) in [6.45, 7) is 5.90. The van der Waals surface area contributed by atoms with E-state index in [2.05, 4.69) is 28.6 Å². The summed E-state index contributed by atoms with van der Waals surface area (Å²) >= 11 is 3.24. The normalized spacial score (nSPS) is 17.4. The number of thiophene rings is 1. The van der Waals surface area contributed by atoms with E-state index >= 15 is 0 Å². The van der Waals surface area contributed by atoms with Crippen LogP contribution in [-0.4, -0.2) is 32.4 Å². The van der Waals surface area contributed by atoms with E-state index < -0.39 is 0 Å². The molecule has 0 aromatic carbocycles. The second-order valence-electron chi connectivity index (χ2n) is 6.09. The first-order valence-corrected chi connectivity index (χ1v) is 10.2. The molecule has 25 heavy (non-hydrogen) atoms. The molecule has 3 aromatic rings. The second kappa shape index (κ2) is 7.31. The van der Waals surface area contributed by atoms with Gasteiger partial charge in [-0.3, -0.25) is 0 Å². The molecule has 1 fully saturated rings. The highest BCUT2D eigenvalue weighted by molar-refractivity contribution is 7.98. The Morgan fingerprint density at radius 1 is 1.36 bits per heavy atom. The van der Waals surface area contributed by atoms with Crippen LogP contribution in [0.2, 0.25) is 0 Å². The quantitative estimate of drug-likeness (QED) is 0.604. The molecule has 0 saturated carbocycles. The van der Waals surface area contributed by atoms with Crippen molar-refractivity contribution < 1.29 is 9.26 Å². The summed E-state index contributed by atoms with van der Waals surface area (Å²) < 4.78 is 13.4. The smallest absolute Gasteiger partial charge is 0.268 e. The zero-order valence-corrected chi connectivity index (χ0v) is 15.9. The van der Waals surface area contributed by atoms with Crippen molar-refractivity contribution in [2.24, 2.45) is 0 Å². The fraction of sp³-hybridized carbons (Fsp3) is 0.471. The van der Waals surface area contributed by atoms with Gasteiger partial charge in [0.05, 0.1) is 29.0 Å². The maximum Gasteiger partial charge on any atom is 0.268 e. The first-order valence-electron chi connectivity index (χ1n) is 8.35. The van der Waals surface area contributed by atoms with Crippen molar-refractivity contribution in [2.75, 3.05) is 6.61 Å². The first kappa shape index (κ1) is 16.8. The number of thioether (sulfide) groups is 1. The molecule has 0 amide bonds. The number of ether oxygens (including phenoxy) is 1. The van der Waals surface area contributed by atoms with E-state index in [-0.39, 0.29) is 0 Å². The van der Waals surface area contributed by atoms with Crippen LogP contribution < -0.4 is 0 Å². The van der Waals surface area contributed by atoms with Crippen molar-refractivity contribution in [1.82, 2.24) is 19.7 Å². The van der Waals surface area contributed by atoms with Crippen LogP contribution in [-0.2, 0) is 17.0 Å². The molecule has 0 unspecified atom stereocenters. The van der Waals surface area contributed by atoms with E-state index in [0.29, 0.717) is 23.6 Å². The van der Waals surface area contributed by atoms with Gasteiger partial charge >= 0.3 is 0 Å². The first-order chi connectivity index (χ1) is 12.2. The van der Waals surface area contributed by atoms with Gasteiger partial charge in [-0.1, -0.05) is 23.0 Å². The van der Waals surface area contributed by atoms with Crippen molar-refractivity contribution in [3.63, 3.8) is 0 Å². The summed E-state index contributed by atoms with van der Waals surface area (Å²) in [5.74, 6) is 1.91. The molecule has 0 N–H and O–H groups in total. The number of aryl methyl sites for hydroxylation is 1. The fourth-order valence-corrected chi connectivity index (χ4v) is 4.47. The van der Waals surface area contributed by atoms with Gasteiger partial charge in [-0.25, -0.2) is 4.98 Å². The van der Waals surface area contributed by atoms with Gasteiger partial charge in [-0.05, 0) is 38.1 Å². The van der Waals surface area contributed by atoms with E-state index in [1.807, 2.05) is 17.5 Å². The highest BCUT2D eigenvalue weighted by Crippen LogP contribution is 2.28. The van der Waals surface area contributed by atoms with Crippen molar-refractivity contribution in [3.8, 4) is 10.8 Å². The predicted octanol–water partition coefficient (Wildman–Crippen LogP) is 4.08. The Morgan fingerprint density at radius 3 is 3.04 bits per heavy atom. The lowest BCUT2D eigenvalue weighted by molar-refractivity contribution is 0.0945. The van der Waals surface area contributed by atoms with Crippen LogP contribution in [0.5, 0.6) is 0 Å². The Labute approximate surface area is 154 Å². The van der Waals surface area contributed by atoms with Crippen LogP contribution in [0.15, 0.2) is 27.2 Å². The maximum atomic E-state index is 5.79. The lowest BCUT2D eigenvalue weighted by Gasteiger charge is -2.14. The Bertz CT molecular complexity index is 835. The average Bonchev–Trinajstić information content (AvgIpc) is 3.38. The van der Waals surface area contributed by atoms with Gasteiger partial charge in [0.15, 0.2) is 11.0 Å². The van der Waals surface area contributed by atoms with Gasteiger partial charge < -0.3 is 13.8 Å². The molecule has 1 aliphatic heterocycles. The van der Waals surface area contributed by atoms with Crippen molar-refractivity contribution in [2.45, 2.75) is 50.2 Å². The zero-order chi connectivity index (χ0) is 17.2. The Balaban J connectivity index is 1.46. The molecule has 6 nitrogen and oxygen atoms in total. The number of rotatable bonds is 6. The molecule has 0 spiro atoms. The van der Waals surface area contributed by atoms with E-state index in [1.54, 1.807) is 23.1 Å². The van der Waals surface area contributed by atoms with E-state index in [4.69, 9.17) is 14.2 Å². The molecule has 1 aliphatic rings. The number of hydrogen-bond donors (Lipinski definition) is 0. The SMILES string of the molecule is Cc1nc(SCc2noc(-c3cccs3)n2)n(C[C@@H]2CCCO2)c1C. The molecular weight excluding hydrogens is 356 g/mol. The Kier molecular flexibility index (Phi) is 4.91. The highest BCUT2D eigenvalue weighted by atomic mass is 32.2. The van der Waals surface area contributed by atoms with Gasteiger partial charge in [0.1, 0.15) is 0 Å². The summed E-state index contributed by atoms with van der Waals surface area (Å²) in [5, 5.41) is 7.08. The topological polar surface area (TPSA) is 66.0 Å². The second-order valence-corrected chi connectivity index (χ2v) is 7.98. The molecule has 8 heteroatoms. The van der Waals surface area contributed by atoms with Crippen LogP contribution in [0.3, 0.4) is 0 Å². The largest absolute Gasteiger partial charge is 0.376 e.